The number of fused-ring (bicyclic) bond motifs is 2. The van der Waals surface area contributed by atoms with E-state index in [9.17, 15) is 0 Å². The van der Waals surface area contributed by atoms with E-state index in [0.29, 0.717) is 72.4 Å². The van der Waals surface area contributed by atoms with Crippen molar-refractivity contribution >= 4 is 0 Å². The highest BCUT2D eigenvalue weighted by Gasteiger charge is 2.49. The molecule has 0 saturated carbocycles. The van der Waals surface area contributed by atoms with Crippen molar-refractivity contribution in [2.45, 2.75) is 24.4 Å². The van der Waals surface area contributed by atoms with Crippen LogP contribution in [0, 0.1) is 23.7 Å². The smallest absolute Gasteiger partial charge is 0.161 e. The Bertz CT molecular complexity index is 1670. The van der Waals surface area contributed by atoms with Crippen molar-refractivity contribution in [2.24, 2.45) is 23.7 Å². The lowest BCUT2D eigenvalue weighted by molar-refractivity contribution is 0.0190. The number of hydrogen-bond donors (Lipinski definition) is 0. The van der Waals surface area contributed by atoms with Gasteiger partial charge in [-0.15, -0.1) is 0 Å². The third-order valence-electron chi connectivity index (χ3n) is 11.5. The summed E-state index contributed by atoms with van der Waals surface area (Å²) in [4.78, 5) is 0. The second-order valence-corrected chi connectivity index (χ2v) is 14.1. The number of rotatable bonds is 12. The molecule has 0 spiro atoms. The first kappa shape index (κ1) is 39.4. The molecular weight excluding hydrogens is 720 g/mol. The summed E-state index contributed by atoms with van der Waals surface area (Å²) >= 11 is 0. The molecule has 0 radical (unpaired) electrons. The van der Waals surface area contributed by atoms with E-state index in [4.69, 9.17) is 56.8 Å². The molecule has 12 nitrogen and oxygen atoms in total. The molecule has 4 aromatic rings. The molecule has 0 aliphatic carbocycles. The molecule has 0 amide bonds. The third-order valence-corrected chi connectivity index (χ3v) is 11.5. The molecule has 4 aliphatic heterocycles. The maximum atomic E-state index is 6.20. The third kappa shape index (κ3) is 7.50. The standard InChI is InChI=1S/2C22H26O6/c2*1-23-17-7-5-13(9-19(17)25-3)21-15-11-28-22(16(15)12-27-21)14-6-8-18(24-2)20(10-14)26-4/h2*5-10,15-16,21-22H,11-12H2,1-4H3/t15-,16-,21+,22+;15-,16-,21-,22?/m10/s1. The van der Waals surface area contributed by atoms with Gasteiger partial charge in [0.05, 0.1) is 108 Å². The van der Waals surface area contributed by atoms with Crippen LogP contribution in [0.25, 0.3) is 0 Å². The lowest BCUT2D eigenvalue weighted by Gasteiger charge is -2.18. The van der Waals surface area contributed by atoms with Crippen molar-refractivity contribution in [3.05, 3.63) is 95.1 Å². The minimum Gasteiger partial charge on any atom is -0.493 e. The zero-order valence-corrected chi connectivity index (χ0v) is 33.3. The van der Waals surface area contributed by atoms with Crippen LogP contribution in [0.15, 0.2) is 72.8 Å². The van der Waals surface area contributed by atoms with Gasteiger partial charge in [0.25, 0.3) is 0 Å². The van der Waals surface area contributed by atoms with Crippen LogP contribution < -0.4 is 37.9 Å². The highest BCUT2D eigenvalue weighted by atomic mass is 16.5. The molecule has 4 aromatic carbocycles. The van der Waals surface area contributed by atoms with Crippen LogP contribution in [0.1, 0.15) is 46.7 Å². The minimum atomic E-state index is -0.0186. The zero-order chi connectivity index (χ0) is 39.3. The first-order valence-electron chi connectivity index (χ1n) is 18.7. The predicted octanol–water partition coefficient (Wildman–Crippen LogP) is 7.59. The zero-order valence-electron chi connectivity index (χ0n) is 33.3. The van der Waals surface area contributed by atoms with E-state index in [1.165, 1.54) is 0 Å². The Balaban J connectivity index is 0.000000172. The molecule has 300 valence electrons. The maximum absolute atomic E-state index is 6.20. The van der Waals surface area contributed by atoms with Crippen LogP contribution in [0.4, 0.5) is 0 Å². The number of methoxy groups -OCH3 is 8. The van der Waals surface area contributed by atoms with E-state index in [2.05, 4.69) is 0 Å². The molecule has 8 atom stereocenters. The van der Waals surface area contributed by atoms with Crippen molar-refractivity contribution in [2.75, 3.05) is 83.3 Å². The average molecular weight is 773 g/mol. The second-order valence-electron chi connectivity index (χ2n) is 14.1. The van der Waals surface area contributed by atoms with Gasteiger partial charge in [0, 0.05) is 23.7 Å². The lowest BCUT2D eigenvalue weighted by Crippen LogP contribution is -2.14. The van der Waals surface area contributed by atoms with Crippen LogP contribution in [0.2, 0.25) is 0 Å². The monoisotopic (exact) mass is 772 g/mol. The van der Waals surface area contributed by atoms with E-state index in [1.807, 2.05) is 72.8 Å². The van der Waals surface area contributed by atoms with Crippen LogP contribution in [0.3, 0.4) is 0 Å². The van der Waals surface area contributed by atoms with Crippen molar-refractivity contribution in [1.29, 1.82) is 0 Å². The van der Waals surface area contributed by atoms with Crippen LogP contribution >= 0.6 is 0 Å². The van der Waals surface area contributed by atoms with Crippen molar-refractivity contribution in [3.8, 4) is 46.0 Å². The van der Waals surface area contributed by atoms with E-state index in [1.54, 1.807) is 56.9 Å². The topological polar surface area (TPSA) is 111 Å². The Hall–Kier alpha value is -4.88. The summed E-state index contributed by atoms with van der Waals surface area (Å²) < 4.78 is 68.0. The fraction of sp³-hybridized carbons (Fsp3) is 0.455. The highest BCUT2D eigenvalue weighted by molar-refractivity contribution is 5.47. The summed E-state index contributed by atoms with van der Waals surface area (Å²) in [6.07, 6.45) is -0.0743. The Morgan fingerprint density at radius 3 is 0.679 bits per heavy atom. The Morgan fingerprint density at radius 1 is 0.304 bits per heavy atom. The molecule has 4 saturated heterocycles. The molecule has 56 heavy (non-hydrogen) atoms. The molecule has 8 rings (SSSR count). The first-order chi connectivity index (χ1) is 27.4. The number of hydrogen-bond acceptors (Lipinski definition) is 12. The van der Waals surface area contributed by atoms with Gasteiger partial charge < -0.3 is 56.8 Å². The van der Waals surface area contributed by atoms with Gasteiger partial charge >= 0.3 is 0 Å². The maximum Gasteiger partial charge on any atom is 0.161 e. The average Bonchev–Trinajstić information content (AvgIpc) is 4.06. The van der Waals surface area contributed by atoms with Gasteiger partial charge in [0.2, 0.25) is 0 Å². The van der Waals surface area contributed by atoms with E-state index >= 15 is 0 Å². The highest BCUT2D eigenvalue weighted by Crippen LogP contribution is 2.53. The summed E-state index contributed by atoms with van der Waals surface area (Å²) in [6, 6.07) is 23.8. The van der Waals surface area contributed by atoms with Gasteiger partial charge in [0.15, 0.2) is 46.0 Å². The summed E-state index contributed by atoms with van der Waals surface area (Å²) in [5.41, 5.74) is 4.34. The van der Waals surface area contributed by atoms with Crippen LogP contribution in [-0.2, 0) is 18.9 Å². The SMILES string of the molecule is COc1ccc(C2OC[C@H]3[C@@H]2CO[C@H]3c2ccc(OC)c(OC)c2)cc1OC.COc1ccc([C@@H]2OC[C@@H]3[C@H]2CO[C@H]3c2ccc(OC)c(OC)c2)cc1OC. The van der Waals surface area contributed by atoms with Crippen molar-refractivity contribution < 1.29 is 56.8 Å². The van der Waals surface area contributed by atoms with Crippen molar-refractivity contribution in [1.82, 2.24) is 0 Å². The lowest BCUT2D eigenvalue weighted by atomic mass is 9.85. The molecular formula is C44H52O12. The summed E-state index contributed by atoms with van der Waals surface area (Å²) in [7, 11) is 13.1. The minimum absolute atomic E-state index is 0.0186. The molecule has 12 heteroatoms. The largest absolute Gasteiger partial charge is 0.493 e. The van der Waals surface area contributed by atoms with E-state index in [0.717, 1.165) is 22.3 Å². The molecule has 0 N–H and O–H groups in total. The number of ether oxygens (including phenoxy) is 12. The van der Waals surface area contributed by atoms with Gasteiger partial charge in [-0.3, -0.25) is 0 Å². The molecule has 4 aliphatic rings. The van der Waals surface area contributed by atoms with Gasteiger partial charge in [-0.2, -0.15) is 0 Å². The molecule has 1 unspecified atom stereocenters. The Morgan fingerprint density at radius 2 is 0.500 bits per heavy atom. The summed E-state index contributed by atoms with van der Waals surface area (Å²) in [5.74, 6) is 6.85. The van der Waals surface area contributed by atoms with Gasteiger partial charge in [0.1, 0.15) is 0 Å². The summed E-state index contributed by atoms with van der Waals surface area (Å²) in [5, 5.41) is 0. The van der Waals surface area contributed by atoms with Crippen molar-refractivity contribution in [3.63, 3.8) is 0 Å². The number of benzene rings is 4. The first-order valence-corrected chi connectivity index (χ1v) is 18.7. The van der Waals surface area contributed by atoms with Gasteiger partial charge in [-0.05, 0) is 70.8 Å². The van der Waals surface area contributed by atoms with Crippen LogP contribution in [-0.4, -0.2) is 83.3 Å². The Labute approximate surface area is 328 Å². The second kappa shape index (κ2) is 17.5. The fourth-order valence-corrected chi connectivity index (χ4v) is 8.59. The van der Waals surface area contributed by atoms with Gasteiger partial charge in [-0.25, -0.2) is 0 Å². The quantitative estimate of drug-likeness (QED) is 0.142. The Kier molecular flexibility index (Phi) is 12.3. The molecule has 0 bridgehead atoms. The van der Waals surface area contributed by atoms with E-state index < -0.39 is 0 Å². The fourth-order valence-electron chi connectivity index (χ4n) is 8.59. The van der Waals surface area contributed by atoms with Gasteiger partial charge in [-0.1, -0.05) is 24.3 Å². The van der Waals surface area contributed by atoms with Crippen LogP contribution in [0.5, 0.6) is 46.0 Å². The molecule has 4 fully saturated rings. The molecule has 4 heterocycles. The van der Waals surface area contributed by atoms with E-state index in [-0.39, 0.29) is 48.1 Å². The predicted molar refractivity (Wildman–Crippen MR) is 207 cm³/mol. The summed E-state index contributed by atoms with van der Waals surface area (Å²) in [6.45, 7) is 2.62. The molecule has 0 aromatic heterocycles. The normalized spacial score (nSPS) is 26.0.